The Bertz CT molecular complexity index is 436. The average Bonchev–Trinajstić information content (AvgIpc) is 2.67. The highest BCUT2D eigenvalue weighted by molar-refractivity contribution is 5.77. The van der Waals surface area contributed by atoms with Crippen LogP contribution in [-0.4, -0.2) is 0 Å². The van der Waals surface area contributed by atoms with Crippen LogP contribution in [0.4, 0.5) is 0 Å². The molecule has 0 aliphatic heterocycles. The van der Waals surface area contributed by atoms with E-state index in [1.807, 2.05) is 0 Å². The summed E-state index contributed by atoms with van der Waals surface area (Å²) in [6.45, 7) is 8.98. The van der Waals surface area contributed by atoms with Crippen LogP contribution in [0.3, 0.4) is 0 Å². The lowest BCUT2D eigenvalue weighted by Crippen LogP contribution is -2.07. The van der Waals surface area contributed by atoms with Crippen LogP contribution in [0.25, 0.3) is 5.57 Å². The SMILES string of the molecule is Cc1ccc(C2=CCC(C(C)(C)C)=C2)cc1. The summed E-state index contributed by atoms with van der Waals surface area (Å²) < 4.78 is 0. The fraction of sp³-hybridized carbons (Fsp3) is 0.375. The fourth-order valence-electron chi connectivity index (χ4n) is 2.00. The number of aryl methyl sites for hydroxylation is 1. The minimum atomic E-state index is 0.295. The molecule has 84 valence electrons. The zero-order valence-corrected chi connectivity index (χ0v) is 10.7. The van der Waals surface area contributed by atoms with E-state index in [2.05, 4.69) is 64.1 Å². The average molecular weight is 212 g/mol. The van der Waals surface area contributed by atoms with Gasteiger partial charge in [-0.3, -0.25) is 0 Å². The molecule has 0 heteroatoms. The maximum Gasteiger partial charge on any atom is -0.0121 e. The lowest BCUT2D eigenvalue weighted by molar-refractivity contribution is 0.496. The first-order valence-corrected chi connectivity index (χ1v) is 5.95. The van der Waals surface area contributed by atoms with E-state index >= 15 is 0 Å². The van der Waals surface area contributed by atoms with Crippen molar-refractivity contribution < 1.29 is 0 Å². The van der Waals surface area contributed by atoms with Crippen LogP contribution in [0, 0.1) is 12.3 Å². The topological polar surface area (TPSA) is 0 Å². The summed E-state index contributed by atoms with van der Waals surface area (Å²) in [7, 11) is 0. The zero-order chi connectivity index (χ0) is 11.8. The maximum atomic E-state index is 2.35. The quantitative estimate of drug-likeness (QED) is 0.630. The predicted molar refractivity (Wildman–Crippen MR) is 71.3 cm³/mol. The first-order valence-electron chi connectivity index (χ1n) is 5.95. The Morgan fingerprint density at radius 3 is 2.12 bits per heavy atom. The second-order valence-corrected chi connectivity index (χ2v) is 5.65. The van der Waals surface area contributed by atoms with Crippen molar-refractivity contribution >= 4 is 5.57 Å². The number of hydrogen-bond donors (Lipinski definition) is 0. The summed E-state index contributed by atoms with van der Waals surface area (Å²) in [6, 6.07) is 8.78. The van der Waals surface area contributed by atoms with Crippen LogP contribution in [0.5, 0.6) is 0 Å². The Morgan fingerprint density at radius 2 is 1.62 bits per heavy atom. The van der Waals surface area contributed by atoms with Crippen molar-refractivity contribution in [2.45, 2.75) is 34.1 Å². The van der Waals surface area contributed by atoms with E-state index in [9.17, 15) is 0 Å². The van der Waals surface area contributed by atoms with Gasteiger partial charge in [0.1, 0.15) is 0 Å². The number of hydrogen-bond acceptors (Lipinski definition) is 0. The van der Waals surface area contributed by atoms with Crippen LogP contribution in [0.1, 0.15) is 38.3 Å². The summed E-state index contributed by atoms with van der Waals surface area (Å²) >= 11 is 0. The van der Waals surface area contributed by atoms with Crippen molar-refractivity contribution in [1.82, 2.24) is 0 Å². The molecule has 1 aliphatic rings. The van der Waals surface area contributed by atoms with E-state index in [0.29, 0.717) is 5.41 Å². The van der Waals surface area contributed by atoms with Crippen molar-refractivity contribution in [3.63, 3.8) is 0 Å². The Morgan fingerprint density at radius 1 is 1.00 bits per heavy atom. The summed E-state index contributed by atoms with van der Waals surface area (Å²) in [5.41, 5.74) is 5.86. The molecule has 2 rings (SSSR count). The van der Waals surface area contributed by atoms with Gasteiger partial charge in [0, 0.05) is 0 Å². The Hall–Kier alpha value is -1.30. The first kappa shape index (κ1) is 11.2. The minimum absolute atomic E-state index is 0.295. The van der Waals surface area contributed by atoms with E-state index < -0.39 is 0 Å². The van der Waals surface area contributed by atoms with Gasteiger partial charge in [0.15, 0.2) is 0 Å². The molecule has 0 unspecified atom stereocenters. The van der Waals surface area contributed by atoms with Gasteiger partial charge in [0.2, 0.25) is 0 Å². The molecular formula is C16H20. The molecule has 0 amide bonds. The molecule has 0 spiro atoms. The third kappa shape index (κ3) is 2.27. The van der Waals surface area contributed by atoms with Crippen molar-refractivity contribution in [2.24, 2.45) is 5.41 Å². The number of rotatable bonds is 1. The highest BCUT2D eigenvalue weighted by Crippen LogP contribution is 2.36. The molecule has 0 aromatic heterocycles. The second kappa shape index (κ2) is 3.93. The van der Waals surface area contributed by atoms with Crippen molar-refractivity contribution in [3.05, 3.63) is 53.1 Å². The molecule has 0 nitrogen and oxygen atoms in total. The Labute approximate surface area is 98.7 Å². The van der Waals surface area contributed by atoms with Gasteiger partial charge in [-0.1, -0.05) is 68.3 Å². The molecule has 0 N–H and O–H groups in total. The standard InChI is InChI=1S/C16H20/c1-12-5-7-13(8-6-12)14-9-10-15(11-14)16(2,3)4/h5-9,11H,10H2,1-4H3. The van der Waals surface area contributed by atoms with Crippen LogP contribution >= 0.6 is 0 Å². The second-order valence-electron chi connectivity index (χ2n) is 5.65. The molecule has 0 bridgehead atoms. The molecule has 0 heterocycles. The molecule has 0 saturated carbocycles. The molecule has 0 radical (unpaired) electrons. The van der Waals surface area contributed by atoms with Gasteiger partial charge in [-0.25, -0.2) is 0 Å². The molecule has 1 aromatic rings. The molecule has 0 atom stereocenters. The van der Waals surface area contributed by atoms with E-state index in [1.54, 1.807) is 0 Å². The molecule has 1 aliphatic carbocycles. The summed E-state index contributed by atoms with van der Waals surface area (Å²) in [5, 5.41) is 0. The van der Waals surface area contributed by atoms with E-state index in [0.717, 1.165) is 6.42 Å². The van der Waals surface area contributed by atoms with Gasteiger partial charge in [-0.05, 0) is 29.9 Å². The van der Waals surface area contributed by atoms with Gasteiger partial charge >= 0.3 is 0 Å². The smallest absolute Gasteiger partial charge is 0.0121 e. The fourth-order valence-corrected chi connectivity index (χ4v) is 2.00. The van der Waals surface area contributed by atoms with E-state index in [-0.39, 0.29) is 0 Å². The summed E-state index contributed by atoms with van der Waals surface area (Å²) in [5.74, 6) is 0. The van der Waals surface area contributed by atoms with Crippen LogP contribution < -0.4 is 0 Å². The number of allylic oxidation sites excluding steroid dienone is 4. The first-order chi connectivity index (χ1) is 7.47. The van der Waals surface area contributed by atoms with Crippen LogP contribution in [0.2, 0.25) is 0 Å². The normalized spacial score (nSPS) is 16.0. The van der Waals surface area contributed by atoms with Gasteiger partial charge in [0.05, 0.1) is 0 Å². The Balaban J connectivity index is 2.25. The van der Waals surface area contributed by atoms with Gasteiger partial charge in [-0.2, -0.15) is 0 Å². The predicted octanol–water partition coefficient (Wildman–Crippen LogP) is 4.75. The largest absolute Gasteiger partial charge is 0.0726 e. The Kier molecular flexibility index (Phi) is 2.75. The van der Waals surface area contributed by atoms with Crippen molar-refractivity contribution in [2.75, 3.05) is 0 Å². The minimum Gasteiger partial charge on any atom is -0.0726 e. The maximum absolute atomic E-state index is 2.35. The van der Waals surface area contributed by atoms with Gasteiger partial charge < -0.3 is 0 Å². The number of benzene rings is 1. The zero-order valence-electron chi connectivity index (χ0n) is 10.7. The van der Waals surface area contributed by atoms with Crippen LogP contribution in [0.15, 0.2) is 42.0 Å². The highest BCUT2D eigenvalue weighted by Gasteiger charge is 2.20. The monoisotopic (exact) mass is 212 g/mol. The molecule has 0 saturated heterocycles. The third-order valence-electron chi connectivity index (χ3n) is 3.22. The molecule has 0 fully saturated rings. The highest BCUT2D eigenvalue weighted by atomic mass is 14.2. The summed E-state index contributed by atoms with van der Waals surface area (Å²) in [4.78, 5) is 0. The lowest BCUT2D eigenvalue weighted by atomic mass is 9.86. The van der Waals surface area contributed by atoms with Crippen molar-refractivity contribution in [1.29, 1.82) is 0 Å². The molecule has 16 heavy (non-hydrogen) atoms. The molecular weight excluding hydrogens is 192 g/mol. The van der Waals surface area contributed by atoms with E-state index in [1.165, 1.54) is 22.3 Å². The molecule has 1 aromatic carbocycles. The third-order valence-corrected chi connectivity index (χ3v) is 3.22. The van der Waals surface area contributed by atoms with Crippen molar-refractivity contribution in [3.8, 4) is 0 Å². The lowest BCUT2D eigenvalue weighted by Gasteiger charge is -2.19. The van der Waals surface area contributed by atoms with Crippen LogP contribution in [-0.2, 0) is 0 Å². The summed E-state index contributed by atoms with van der Waals surface area (Å²) in [6.07, 6.45) is 5.79. The van der Waals surface area contributed by atoms with E-state index in [4.69, 9.17) is 0 Å². The van der Waals surface area contributed by atoms with Gasteiger partial charge in [-0.15, -0.1) is 0 Å². The van der Waals surface area contributed by atoms with Gasteiger partial charge in [0.25, 0.3) is 0 Å².